The zero-order chi connectivity index (χ0) is 9.68. The van der Waals surface area contributed by atoms with Gasteiger partial charge in [-0.25, -0.2) is 4.79 Å². The zero-order valence-corrected chi connectivity index (χ0v) is 7.29. The molecule has 1 aliphatic rings. The van der Waals surface area contributed by atoms with Gasteiger partial charge in [-0.2, -0.15) is 5.26 Å². The Morgan fingerprint density at radius 3 is 3.08 bits per heavy atom. The Balaban J connectivity index is 2.77. The first-order valence-corrected chi connectivity index (χ1v) is 3.97. The van der Waals surface area contributed by atoms with E-state index in [2.05, 4.69) is 10.1 Å². The molecule has 5 nitrogen and oxygen atoms in total. The Morgan fingerprint density at radius 2 is 2.62 bits per heavy atom. The molecule has 0 aliphatic carbocycles. The van der Waals surface area contributed by atoms with Gasteiger partial charge in [0.15, 0.2) is 5.57 Å². The molecular weight excluding hydrogens is 172 g/mol. The molecule has 0 radical (unpaired) electrons. The maximum absolute atomic E-state index is 11.1. The maximum atomic E-state index is 11.1. The summed E-state index contributed by atoms with van der Waals surface area (Å²) in [6.07, 6.45) is 0. The van der Waals surface area contributed by atoms with Crippen LogP contribution in [0, 0.1) is 11.3 Å². The first-order valence-electron chi connectivity index (χ1n) is 3.97. The van der Waals surface area contributed by atoms with Crippen LogP contribution >= 0.6 is 0 Å². The van der Waals surface area contributed by atoms with Gasteiger partial charge in [-0.15, -0.1) is 0 Å². The molecule has 0 spiro atoms. The van der Waals surface area contributed by atoms with Gasteiger partial charge < -0.3 is 14.8 Å². The predicted molar refractivity (Wildman–Crippen MR) is 43.2 cm³/mol. The SMILES string of the molecule is CCOC(=O)C(C#N)=C1NCCO1. The predicted octanol–water partition coefficient (Wildman–Crippen LogP) is -0.0955. The van der Waals surface area contributed by atoms with E-state index in [0.29, 0.717) is 13.2 Å². The fourth-order valence-electron chi connectivity index (χ4n) is 0.922. The highest BCUT2D eigenvalue weighted by molar-refractivity contribution is 5.93. The molecule has 1 N–H and O–H groups in total. The van der Waals surface area contributed by atoms with Gasteiger partial charge >= 0.3 is 5.97 Å². The summed E-state index contributed by atoms with van der Waals surface area (Å²) >= 11 is 0. The number of carbonyl (C=O) groups excluding carboxylic acids is 1. The smallest absolute Gasteiger partial charge is 0.354 e. The van der Waals surface area contributed by atoms with E-state index in [0.717, 1.165) is 0 Å². The normalized spacial score (nSPS) is 18.2. The quantitative estimate of drug-likeness (QED) is 0.367. The molecule has 0 atom stereocenters. The van der Waals surface area contributed by atoms with Gasteiger partial charge in [-0.05, 0) is 6.92 Å². The van der Waals surface area contributed by atoms with Gasteiger partial charge in [0, 0.05) is 0 Å². The van der Waals surface area contributed by atoms with Crippen molar-refractivity contribution in [1.29, 1.82) is 5.26 Å². The van der Waals surface area contributed by atoms with Crippen molar-refractivity contribution in [3.63, 3.8) is 0 Å². The topological polar surface area (TPSA) is 71.4 Å². The number of rotatable bonds is 2. The maximum Gasteiger partial charge on any atom is 0.354 e. The van der Waals surface area contributed by atoms with Crippen molar-refractivity contribution < 1.29 is 14.3 Å². The summed E-state index contributed by atoms with van der Waals surface area (Å²) in [5, 5.41) is 11.4. The third-order valence-corrected chi connectivity index (χ3v) is 1.45. The van der Waals surface area contributed by atoms with Crippen LogP contribution < -0.4 is 5.32 Å². The number of nitriles is 1. The van der Waals surface area contributed by atoms with Gasteiger partial charge in [0.25, 0.3) is 0 Å². The minimum atomic E-state index is -0.644. The van der Waals surface area contributed by atoms with Gasteiger partial charge in [0.05, 0.1) is 13.2 Å². The second-order valence-electron chi connectivity index (χ2n) is 2.31. The van der Waals surface area contributed by atoms with E-state index in [1.54, 1.807) is 13.0 Å². The summed E-state index contributed by atoms with van der Waals surface area (Å²) in [5.41, 5.74) is -0.0978. The van der Waals surface area contributed by atoms with Crippen molar-refractivity contribution in [2.24, 2.45) is 0 Å². The van der Waals surface area contributed by atoms with Crippen LogP contribution in [0.2, 0.25) is 0 Å². The lowest BCUT2D eigenvalue weighted by atomic mass is 10.3. The highest BCUT2D eigenvalue weighted by Gasteiger charge is 2.20. The summed E-state index contributed by atoms with van der Waals surface area (Å²) in [7, 11) is 0. The highest BCUT2D eigenvalue weighted by atomic mass is 16.5. The molecule has 0 aromatic heterocycles. The lowest BCUT2D eigenvalue weighted by Gasteiger charge is -2.02. The minimum Gasteiger partial charge on any atom is -0.476 e. The molecule has 1 rings (SSSR count). The number of nitrogens with zero attached hydrogens (tertiary/aromatic N) is 1. The van der Waals surface area contributed by atoms with E-state index >= 15 is 0 Å². The average Bonchev–Trinajstić information content (AvgIpc) is 2.59. The molecule has 0 aromatic carbocycles. The Hall–Kier alpha value is -1.70. The lowest BCUT2D eigenvalue weighted by molar-refractivity contribution is -0.138. The van der Waals surface area contributed by atoms with Crippen LogP contribution in [-0.4, -0.2) is 25.7 Å². The fraction of sp³-hybridized carbons (Fsp3) is 0.500. The number of esters is 1. The van der Waals surface area contributed by atoms with Crippen LogP contribution in [0.4, 0.5) is 0 Å². The molecule has 0 unspecified atom stereocenters. The molecule has 0 amide bonds. The Kier molecular flexibility index (Phi) is 3.15. The van der Waals surface area contributed by atoms with E-state index in [-0.39, 0.29) is 18.1 Å². The number of hydrogen-bond acceptors (Lipinski definition) is 5. The van der Waals surface area contributed by atoms with Gasteiger partial charge in [-0.3, -0.25) is 0 Å². The molecule has 13 heavy (non-hydrogen) atoms. The standard InChI is InChI=1S/C8H10N2O3/c1-2-12-8(11)6(5-9)7-10-3-4-13-7/h10H,2-4H2,1H3. The van der Waals surface area contributed by atoms with Crippen molar-refractivity contribution in [3.8, 4) is 6.07 Å². The summed E-state index contributed by atoms with van der Waals surface area (Å²) in [4.78, 5) is 11.1. The Bertz CT molecular complexity index is 270. The second-order valence-corrected chi connectivity index (χ2v) is 2.31. The Morgan fingerprint density at radius 1 is 1.85 bits per heavy atom. The van der Waals surface area contributed by atoms with Gasteiger partial charge in [0.1, 0.15) is 12.7 Å². The van der Waals surface area contributed by atoms with Gasteiger partial charge in [0.2, 0.25) is 5.88 Å². The molecule has 5 heteroatoms. The monoisotopic (exact) mass is 182 g/mol. The molecule has 1 fully saturated rings. The highest BCUT2D eigenvalue weighted by Crippen LogP contribution is 2.08. The Labute approximate surface area is 75.9 Å². The fourth-order valence-corrected chi connectivity index (χ4v) is 0.922. The third kappa shape index (κ3) is 2.12. The first kappa shape index (κ1) is 9.39. The van der Waals surface area contributed by atoms with E-state index < -0.39 is 5.97 Å². The van der Waals surface area contributed by atoms with Crippen LogP contribution in [0.15, 0.2) is 11.5 Å². The first-order chi connectivity index (χ1) is 6.29. The van der Waals surface area contributed by atoms with E-state index in [1.807, 2.05) is 0 Å². The number of hydrogen-bond donors (Lipinski definition) is 1. The van der Waals surface area contributed by atoms with Crippen LogP contribution in [0.25, 0.3) is 0 Å². The van der Waals surface area contributed by atoms with Crippen molar-refractivity contribution >= 4 is 5.97 Å². The molecule has 1 heterocycles. The van der Waals surface area contributed by atoms with Crippen LogP contribution in [0.3, 0.4) is 0 Å². The zero-order valence-electron chi connectivity index (χ0n) is 7.29. The molecular formula is C8H10N2O3. The second kappa shape index (κ2) is 4.36. The van der Waals surface area contributed by atoms with E-state index in [4.69, 9.17) is 10.00 Å². The lowest BCUT2D eigenvalue weighted by Crippen LogP contribution is -2.14. The van der Waals surface area contributed by atoms with Crippen LogP contribution in [0.1, 0.15) is 6.92 Å². The number of nitrogens with one attached hydrogen (secondary N) is 1. The summed E-state index contributed by atoms with van der Waals surface area (Å²) in [6, 6.07) is 1.75. The molecule has 70 valence electrons. The minimum absolute atomic E-state index is 0.0978. The van der Waals surface area contributed by atoms with E-state index in [9.17, 15) is 4.79 Å². The number of ether oxygens (including phenoxy) is 2. The van der Waals surface area contributed by atoms with Crippen LogP contribution in [-0.2, 0) is 14.3 Å². The van der Waals surface area contributed by atoms with E-state index in [1.165, 1.54) is 0 Å². The van der Waals surface area contributed by atoms with Crippen LogP contribution in [0.5, 0.6) is 0 Å². The molecule has 1 saturated heterocycles. The molecule has 0 saturated carbocycles. The molecule has 0 aromatic rings. The average molecular weight is 182 g/mol. The van der Waals surface area contributed by atoms with Crippen molar-refractivity contribution in [3.05, 3.63) is 11.5 Å². The number of carbonyl (C=O) groups is 1. The van der Waals surface area contributed by atoms with Crippen molar-refractivity contribution in [1.82, 2.24) is 5.32 Å². The molecule has 0 bridgehead atoms. The van der Waals surface area contributed by atoms with Crippen molar-refractivity contribution in [2.75, 3.05) is 19.8 Å². The summed E-state index contributed by atoms with van der Waals surface area (Å²) < 4.78 is 9.69. The van der Waals surface area contributed by atoms with Crippen molar-refractivity contribution in [2.45, 2.75) is 6.92 Å². The summed E-state index contributed by atoms with van der Waals surface area (Å²) in [5.74, 6) is -0.421. The molecule has 1 aliphatic heterocycles. The third-order valence-electron chi connectivity index (χ3n) is 1.45. The van der Waals surface area contributed by atoms with Gasteiger partial charge in [-0.1, -0.05) is 0 Å². The largest absolute Gasteiger partial charge is 0.476 e. The summed E-state index contributed by atoms with van der Waals surface area (Å²) in [6.45, 7) is 3.01.